The fraction of sp³-hybridized carbons (Fsp3) is 0.672. The Bertz CT molecular complexity index is 1540. The molecular weight excluding hydrogens is 904 g/mol. The predicted molar refractivity (Wildman–Crippen MR) is 288 cm³/mol. The molecule has 0 rings (SSSR count). The van der Waals surface area contributed by atoms with Crippen LogP contribution in [0.5, 0.6) is 0 Å². The summed E-state index contributed by atoms with van der Waals surface area (Å²) in [4.78, 5) is 48.4. The maximum Gasteiger partial charge on any atom is 0.472 e. The SMILES string of the molecule is CC/C=C\C/C=C\C/C=C\C/C=C\CCCCCCCCC(=O)OC(COC(=O)CCCCCCC/C=C\CCCC)COP(=O)(O)OCC(CO)OC(=O)CCCCC/C=C\C/C=C\C/C=C\CC. The molecule has 0 saturated carbocycles. The van der Waals surface area contributed by atoms with Crippen molar-refractivity contribution in [2.75, 3.05) is 26.4 Å². The zero-order valence-electron chi connectivity index (χ0n) is 43.9. The van der Waals surface area contributed by atoms with Crippen LogP contribution in [-0.2, 0) is 42.2 Å². The van der Waals surface area contributed by atoms with Gasteiger partial charge in [0, 0.05) is 19.3 Å². The van der Waals surface area contributed by atoms with E-state index in [9.17, 15) is 28.9 Å². The van der Waals surface area contributed by atoms with Gasteiger partial charge in [-0.3, -0.25) is 23.4 Å². The molecule has 400 valence electrons. The smallest absolute Gasteiger partial charge is 0.462 e. The molecule has 12 heteroatoms. The average Bonchev–Trinajstić information content (AvgIpc) is 3.35. The Balaban J connectivity index is 4.78. The van der Waals surface area contributed by atoms with Crippen molar-refractivity contribution in [1.29, 1.82) is 0 Å². The van der Waals surface area contributed by atoms with Crippen LogP contribution in [0, 0.1) is 0 Å². The number of carbonyl (C=O) groups is 3. The quantitative estimate of drug-likeness (QED) is 0.0197. The van der Waals surface area contributed by atoms with Gasteiger partial charge in [-0.1, -0.05) is 182 Å². The maximum absolute atomic E-state index is 12.9. The molecule has 0 amide bonds. The third kappa shape index (κ3) is 49.4. The Morgan fingerprint density at radius 2 is 0.743 bits per heavy atom. The van der Waals surface area contributed by atoms with Crippen LogP contribution in [0.1, 0.15) is 213 Å². The van der Waals surface area contributed by atoms with Crippen molar-refractivity contribution in [3.05, 3.63) is 97.2 Å². The number of aliphatic hydroxyl groups excluding tert-OH is 1. The van der Waals surface area contributed by atoms with Gasteiger partial charge >= 0.3 is 25.7 Å². The molecule has 70 heavy (non-hydrogen) atoms. The van der Waals surface area contributed by atoms with Crippen LogP contribution in [0.3, 0.4) is 0 Å². The molecule has 0 radical (unpaired) electrons. The second-order valence-electron chi connectivity index (χ2n) is 17.6. The lowest BCUT2D eigenvalue weighted by atomic mass is 10.1. The Morgan fingerprint density at radius 1 is 0.414 bits per heavy atom. The molecule has 0 saturated heterocycles. The van der Waals surface area contributed by atoms with Crippen LogP contribution in [0.15, 0.2) is 97.2 Å². The first-order valence-corrected chi connectivity index (χ1v) is 28.6. The maximum atomic E-state index is 12.9. The van der Waals surface area contributed by atoms with Gasteiger partial charge in [-0.25, -0.2) is 4.57 Å². The van der Waals surface area contributed by atoms with Gasteiger partial charge in [0.05, 0.1) is 19.8 Å². The minimum atomic E-state index is -4.76. The van der Waals surface area contributed by atoms with Gasteiger partial charge in [-0.15, -0.1) is 0 Å². The number of esters is 3. The Hall–Kier alpha value is -3.60. The van der Waals surface area contributed by atoms with Crippen LogP contribution < -0.4 is 0 Å². The minimum absolute atomic E-state index is 0.137. The molecule has 0 heterocycles. The number of aliphatic hydroxyl groups is 1. The topological polar surface area (TPSA) is 155 Å². The summed E-state index contributed by atoms with van der Waals surface area (Å²) >= 11 is 0. The third-order valence-electron chi connectivity index (χ3n) is 11.0. The number of carbonyl (C=O) groups excluding carboxylic acids is 3. The van der Waals surface area contributed by atoms with Gasteiger partial charge in [0.15, 0.2) is 6.10 Å². The highest BCUT2D eigenvalue weighted by atomic mass is 31.2. The number of phosphoric ester groups is 1. The molecule has 0 aromatic carbocycles. The molecule has 0 aromatic rings. The Labute approximate surface area is 425 Å². The first kappa shape index (κ1) is 66.4. The second-order valence-corrected chi connectivity index (χ2v) is 19.1. The van der Waals surface area contributed by atoms with Crippen LogP contribution in [-0.4, -0.2) is 66.5 Å². The summed E-state index contributed by atoms with van der Waals surface area (Å²) in [5.74, 6) is -1.53. The van der Waals surface area contributed by atoms with Gasteiger partial charge in [0.25, 0.3) is 0 Å². The summed E-state index contributed by atoms with van der Waals surface area (Å²) in [6.45, 7) is 4.30. The highest BCUT2D eigenvalue weighted by Crippen LogP contribution is 2.43. The summed E-state index contributed by atoms with van der Waals surface area (Å²) < 4.78 is 39.4. The molecule has 0 aliphatic rings. The fourth-order valence-corrected chi connectivity index (χ4v) is 7.65. The highest BCUT2D eigenvalue weighted by molar-refractivity contribution is 7.47. The molecule has 11 nitrogen and oxygen atoms in total. The lowest BCUT2D eigenvalue weighted by molar-refractivity contribution is -0.161. The van der Waals surface area contributed by atoms with E-state index >= 15 is 0 Å². The van der Waals surface area contributed by atoms with Crippen molar-refractivity contribution in [3.63, 3.8) is 0 Å². The molecule has 0 aromatic heterocycles. The number of ether oxygens (including phenoxy) is 3. The monoisotopic (exact) mass is 1000 g/mol. The van der Waals surface area contributed by atoms with Gasteiger partial charge in [0.2, 0.25) is 0 Å². The predicted octanol–water partition coefficient (Wildman–Crippen LogP) is 15.7. The number of hydrogen-bond acceptors (Lipinski definition) is 10. The lowest BCUT2D eigenvalue weighted by Crippen LogP contribution is -2.30. The van der Waals surface area contributed by atoms with Crippen molar-refractivity contribution in [2.24, 2.45) is 0 Å². The first-order valence-electron chi connectivity index (χ1n) is 27.1. The summed E-state index contributed by atoms with van der Waals surface area (Å²) in [5.41, 5.74) is 0. The number of unbranched alkanes of at least 4 members (excludes halogenated alkanes) is 16. The average molecular weight is 1000 g/mol. The molecule has 2 N–H and O–H groups in total. The summed E-state index contributed by atoms with van der Waals surface area (Å²) in [6.07, 6.45) is 59.5. The standard InChI is InChI=1S/C58H97O11P/c1-4-7-10-13-16-19-22-24-25-26-27-28-29-31-34-37-40-43-46-49-58(62)69-55(51-65-56(60)47-44-41-38-35-32-21-18-15-12-9-6-3)53-67-70(63,64)66-52-54(50-59)68-57(61)48-45-42-39-36-33-30-23-20-17-14-11-8-5-2/h7-8,10-11,15-20,24-25,27-28,30,33,54-55,59H,4-6,9,12-14,21-23,26,29,31-32,34-53H2,1-3H3,(H,63,64)/b10-7-,11-8-,18-15-,19-16-,20-17-,25-24-,28-27-,33-30-. The van der Waals surface area contributed by atoms with E-state index in [1.807, 2.05) is 0 Å². The molecule has 0 aliphatic heterocycles. The molecule has 3 atom stereocenters. The minimum Gasteiger partial charge on any atom is -0.462 e. The summed E-state index contributed by atoms with van der Waals surface area (Å²) in [6, 6.07) is 0. The zero-order chi connectivity index (χ0) is 51.3. The van der Waals surface area contributed by atoms with E-state index < -0.39 is 57.8 Å². The number of rotatable bonds is 49. The zero-order valence-corrected chi connectivity index (χ0v) is 44.8. The summed E-state index contributed by atoms with van der Waals surface area (Å²) in [7, 11) is -4.76. The normalized spacial score (nSPS) is 14.2. The molecule has 0 aliphatic carbocycles. The lowest BCUT2D eigenvalue weighted by Gasteiger charge is -2.21. The summed E-state index contributed by atoms with van der Waals surface area (Å²) in [5, 5.41) is 9.78. The van der Waals surface area contributed by atoms with E-state index in [1.165, 1.54) is 12.8 Å². The molecule has 3 unspecified atom stereocenters. The van der Waals surface area contributed by atoms with E-state index in [0.29, 0.717) is 19.3 Å². The second kappa shape index (κ2) is 51.7. The number of phosphoric acid groups is 1. The van der Waals surface area contributed by atoms with E-state index in [2.05, 4.69) is 118 Å². The van der Waals surface area contributed by atoms with Crippen molar-refractivity contribution in [1.82, 2.24) is 0 Å². The number of hydrogen-bond donors (Lipinski definition) is 2. The number of allylic oxidation sites excluding steroid dienone is 16. The van der Waals surface area contributed by atoms with Crippen molar-refractivity contribution in [2.45, 2.75) is 226 Å². The third-order valence-corrected chi connectivity index (χ3v) is 11.9. The van der Waals surface area contributed by atoms with Gasteiger partial charge in [-0.2, -0.15) is 0 Å². The molecule has 0 fully saturated rings. The first-order chi connectivity index (χ1) is 34.2. The molecule has 0 spiro atoms. The van der Waals surface area contributed by atoms with E-state index in [-0.39, 0.29) is 25.9 Å². The van der Waals surface area contributed by atoms with Crippen molar-refractivity contribution < 1.29 is 52.2 Å². The largest absolute Gasteiger partial charge is 0.472 e. The molecule has 0 bridgehead atoms. The van der Waals surface area contributed by atoms with Crippen LogP contribution in [0.25, 0.3) is 0 Å². The molecular formula is C58H97O11P. The van der Waals surface area contributed by atoms with Gasteiger partial charge < -0.3 is 24.2 Å². The highest BCUT2D eigenvalue weighted by Gasteiger charge is 2.28. The van der Waals surface area contributed by atoms with E-state index in [1.54, 1.807) is 0 Å². The van der Waals surface area contributed by atoms with Crippen LogP contribution >= 0.6 is 7.82 Å². The van der Waals surface area contributed by atoms with E-state index in [0.717, 1.165) is 141 Å². The van der Waals surface area contributed by atoms with Crippen molar-refractivity contribution in [3.8, 4) is 0 Å². The van der Waals surface area contributed by atoms with Gasteiger partial charge in [0.1, 0.15) is 12.7 Å². The van der Waals surface area contributed by atoms with Crippen LogP contribution in [0.2, 0.25) is 0 Å². The Morgan fingerprint density at radius 3 is 1.17 bits per heavy atom. The Kier molecular flexibility index (Phi) is 49.1. The fourth-order valence-electron chi connectivity index (χ4n) is 6.87. The van der Waals surface area contributed by atoms with Crippen molar-refractivity contribution >= 4 is 25.7 Å². The van der Waals surface area contributed by atoms with E-state index in [4.69, 9.17) is 23.3 Å². The van der Waals surface area contributed by atoms with Crippen LogP contribution in [0.4, 0.5) is 0 Å². The van der Waals surface area contributed by atoms with Gasteiger partial charge in [-0.05, 0) is 109 Å².